The molecule has 1 N–H and O–H groups in total. The van der Waals surface area contributed by atoms with E-state index in [1.807, 2.05) is 0 Å². The van der Waals surface area contributed by atoms with Crippen LogP contribution >= 0.6 is 0 Å². The normalized spacial score (nSPS) is 11.0. The van der Waals surface area contributed by atoms with Gasteiger partial charge in [0, 0.05) is 6.42 Å². The minimum absolute atomic E-state index is 0. The van der Waals surface area contributed by atoms with Crippen molar-refractivity contribution in [3.8, 4) is 0 Å². The van der Waals surface area contributed by atoms with Crippen molar-refractivity contribution < 1.29 is 19.4 Å². The second-order valence-corrected chi connectivity index (χ2v) is 8.50. The van der Waals surface area contributed by atoms with E-state index in [0.29, 0.717) is 5.95 Å². The molecule has 0 aromatic rings. The molecule has 0 aliphatic carbocycles. The van der Waals surface area contributed by atoms with E-state index >= 15 is 0 Å². The highest BCUT2D eigenvalue weighted by atomic mass is 16.7. The first-order valence-corrected chi connectivity index (χ1v) is 11.1. The molecule has 0 rings (SSSR count). The van der Waals surface area contributed by atoms with Crippen molar-refractivity contribution in [1.29, 1.82) is 0 Å². The first-order valence-electron chi connectivity index (χ1n) is 11.1. The van der Waals surface area contributed by atoms with Crippen molar-refractivity contribution in [3.05, 3.63) is 11.6 Å². The Morgan fingerprint density at radius 1 is 0.593 bits per heavy atom. The molecule has 0 aliphatic heterocycles. The van der Waals surface area contributed by atoms with Gasteiger partial charge in [-0.15, -0.1) is 0 Å². The maximum absolute atomic E-state index is 5.40. The van der Waals surface area contributed by atoms with Crippen molar-refractivity contribution in [2.45, 2.75) is 103 Å². The molecule has 0 spiro atoms. The fraction of sp³-hybridized carbons (Fsp3) is 0.913. The van der Waals surface area contributed by atoms with E-state index in [9.17, 15) is 0 Å². The maximum Gasteiger partial charge on any atom is 0.338 e. The van der Waals surface area contributed by atoms with E-state index in [1.54, 1.807) is 14.2 Å². The Kier molecular flexibility index (Phi) is 19.6. The van der Waals surface area contributed by atoms with Gasteiger partial charge in [-0.25, -0.2) is 0 Å². The topological polar surface area (TPSA) is 48.5 Å². The largest absolute Gasteiger partial charge is 0.870 e. The first-order chi connectivity index (χ1) is 12.5. The summed E-state index contributed by atoms with van der Waals surface area (Å²) in [6.45, 7) is 2.29. The molecule has 0 unspecified atom stereocenters. The van der Waals surface area contributed by atoms with Gasteiger partial charge >= 0.3 is 5.95 Å². The van der Waals surface area contributed by atoms with Crippen molar-refractivity contribution in [1.82, 2.24) is 0 Å². The Morgan fingerprint density at radius 3 is 1.22 bits per heavy atom. The van der Waals surface area contributed by atoms with Crippen LogP contribution < -0.4 is 0 Å². The highest BCUT2D eigenvalue weighted by molar-refractivity contribution is 4.94. The van der Waals surface area contributed by atoms with Gasteiger partial charge in [-0.05, 0) is 6.42 Å². The van der Waals surface area contributed by atoms with Crippen LogP contribution in [0.5, 0.6) is 0 Å². The lowest BCUT2D eigenvalue weighted by molar-refractivity contribution is -0.834. The van der Waals surface area contributed by atoms with Gasteiger partial charge in [0.2, 0.25) is 0 Å². The van der Waals surface area contributed by atoms with Crippen LogP contribution in [0, 0.1) is 0 Å². The van der Waals surface area contributed by atoms with E-state index in [2.05, 4.69) is 28.1 Å². The summed E-state index contributed by atoms with van der Waals surface area (Å²) < 4.78 is 11.6. The average molecular weight is 388 g/mol. The van der Waals surface area contributed by atoms with Crippen molar-refractivity contribution in [2.75, 3.05) is 35.4 Å². The number of unbranched alkanes of at least 4 members (excludes halogenated alkanes) is 13. The van der Waals surface area contributed by atoms with Gasteiger partial charge in [0.1, 0.15) is 0 Å². The highest BCUT2D eigenvalue weighted by Crippen LogP contribution is 2.22. The lowest BCUT2D eigenvalue weighted by Crippen LogP contribution is -2.35. The number of allylic oxidation sites excluding steroid dienone is 1. The number of hydrogen-bond acceptors (Lipinski definition) is 3. The van der Waals surface area contributed by atoms with Crippen LogP contribution in [0.25, 0.3) is 0 Å². The third-order valence-corrected chi connectivity index (χ3v) is 5.18. The summed E-state index contributed by atoms with van der Waals surface area (Å²) in [6, 6.07) is 0. The Morgan fingerprint density at radius 2 is 0.926 bits per heavy atom. The summed E-state index contributed by atoms with van der Waals surface area (Å²) in [7, 11) is 9.92. The number of nitrogens with zero attached hydrogens (tertiary/aromatic N) is 1. The SMILES string of the molecule is CCCCCCCCCCCCCCCCC(=C(OC)OC)[N+](C)(C)C.[OH-]. The standard InChI is InChI=1S/C23H48NO2.H2O/c1-7-8-9-10-11-12-13-14-15-16-17-18-19-20-21-22(24(2,3)4)23(25-5)26-6;/h7-21H2,1-6H3;1H2/q+1;/p-1. The zero-order chi connectivity index (χ0) is 19.7. The maximum atomic E-state index is 5.40. The zero-order valence-corrected chi connectivity index (χ0v) is 19.3. The molecule has 4 nitrogen and oxygen atoms in total. The second-order valence-electron chi connectivity index (χ2n) is 8.50. The van der Waals surface area contributed by atoms with Crippen LogP contribution in [0.2, 0.25) is 0 Å². The van der Waals surface area contributed by atoms with Crippen LogP contribution in [0.4, 0.5) is 0 Å². The van der Waals surface area contributed by atoms with Gasteiger partial charge in [0.05, 0.1) is 35.4 Å². The number of methoxy groups -OCH3 is 2. The molecule has 164 valence electrons. The van der Waals surface area contributed by atoms with Gasteiger partial charge < -0.3 is 14.9 Å². The third kappa shape index (κ3) is 16.0. The fourth-order valence-corrected chi connectivity index (χ4v) is 3.52. The van der Waals surface area contributed by atoms with Crippen LogP contribution in [-0.2, 0) is 9.47 Å². The molecule has 4 heteroatoms. The molecular formula is C23H49NO3. The lowest BCUT2D eigenvalue weighted by atomic mass is 10.0. The monoisotopic (exact) mass is 387 g/mol. The molecule has 0 amide bonds. The van der Waals surface area contributed by atoms with Crippen LogP contribution in [0.15, 0.2) is 11.6 Å². The minimum atomic E-state index is 0. The van der Waals surface area contributed by atoms with Crippen LogP contribution in [0.1, 0.15) is 103 Å². The molecule has 0 aromatic heterocycles. The van der Waals surface area contributed by atoms with E-state index in [1.165, 1.54) is 95.6 Å². The lowest BCUT2D eigenvalue weighted by Gasteiger charge is -2.27. The first kappa shape index (κ1) is 28.5. The van der Waals surface area contributed by atoms with E-state index in [-0.39, 0.29) is 5.48 Å². The third-order valence-electron chi connectivity index (χ3n) is 5.18. The smallest absolute Gasteiger partial charge is 0.338 e. The van der Waals surface area contributed by atoms with Gasteiger partial charge in [-0.1, -0.05) is 90.4 Å². The summed E-state index contributed by atoms with van der Waals surface area (Å²) in [6.07, 6.45) is 20.6. The van der Waals surface area contributed by atoms with Crippen LogP contribution in [-0.4, -0.2) is 45.3 Å². The van der Waals surface area contributed by atoms with E-state index < -0.39 is 0 Å². The van der Waals surface area contributed by atoms with E-state index in [0.717, 1.165) is 10.9 Å². The Hall–Kier alpha value is -0.740. The van der Waals surface area contributed by atoms with Crippen molar-refractivity contribution >= 4 is 0 Å². The summed E-state index contributed by atoms with van der Waals surface area (Å²) in [5.74, 6) is 0.687. The average Bonchev–Trinajstić information content (AvgIpc) is 2.60. The highest BCUT2D eigenvalue weighted by Gasteiger charge is 2.23. The van der Waals surface area contributed by atoms with Gasteiger partial charge in [0.25, 0.3) is 0 Å². The molecule has 0 aliphatic rings. The van der Waals surface area contributed by atoms with Crippen LogP contribution in [0.3, 0.4) is 0 Å². The summed E-state index contributed by atoms with van der Waals surface area (Å²) in [5, 5.41) is 0. The predicted octanol–water partition coefficient (Wildman–Crippen LogP) is 6.85. The molecule has 27 heavy (non-hydrogen) atoms. The predicted molar refractivity (Wildman–Crippen MR) is 116 cm³/mol. The second kappa shape index (κ2) is 18.6. The summed E-state index contributed by atoms with van der Waals surface area (Å²) in [5.41, 5.74) is 1.24. The molecule has 0 atom stereocenters. The zero-order valence-electron chi connectivity index (χ0n) is 19.3. The molecule has 0 saturated carbocycles. The quantitative estimate of drug-likeness (QED) is 0.147. The van der Waals surface area contributed by atoms with Crippen molar-refractivity contribution in [3.63, 3.8) is 0 Å². The van der Waals surface area contributed by atoms with Crippen molar-refractivity contribution in [2.24, 2.45) is 0 Å². The Balaban J connectivity index is 0. The number of quaternary nitrogens is 1. The molecule has 0 fully saturated rings. The minimum Gasteiger partial charge on any atom is -0.870 e. The number of ether oxygens (including phenoxy) is 2. The molecule has 0 saturated heterocycles. The Labute approximate surface area is 170 Å². The molecule has 0 bridgehead atoms. The molecule has 0 aromatic carbocycles. The van der Waals surface area contributed by atoms with Gasteiger partial charge in [0.15, 0.2) is 5.70 Å². The van der Waals surface area contributed by atoms with Gasteiger partial charge in [-0.2, -0.15) is 0 Å². The summed E-state index contributed by atoms with van der Waals surface area (Å²) >= 11 is 0. The number of rotatable bonds is 18. The summed E-state index contributed by atoms with van der Waals surface area (Å²) in [4.78, 5) is 0. The number of hydrogen-bond donors (Lipinski definition) is 0. The Bertz CT molecular complexity index is 342. The molecule has 0 heterocycles. The molecule has 0 radical (unpaired) electrons. The fourth-order valence-electron chi connectivity index (χ4n) is 3.52. The van der Waals surface area contributed by atoms with Gasteiger partial charge in [-0.3, -0.25) is 4.48 Å². The van der Waals surface area contributed by atoms with E-state index in [4.69, 9.17) is 9.47 Å². The molecular weight excluding hydrogens is 338 g/mol.